The molecule has 0 bridgehead atoms. The Morgan fingerprint density at radius 3 is 2.31 bits per heavy atom. The number of esters is 1. The Labute approximate surface area is 153 Å². The van der Waals surface area contributed by atoms with E-state index in [4.69, 9.17) is 4.74 Å². The molecule has 1 amide bonds. The van der Waals surface area contributed by atoms with Gasteiger partial charge in [0, 0.05) is 19.8 Å². The molecule has 7 heteroatoms. The largest absolute Gasteiger partial charge is 0.452 e. The lowest BCUT2D eigenvalue weighted by Crippen LogP contribution is -2.30. The fraction of sp³-hybridized carbons (Fsp3) is 0.263. The van der Waals surface area contributed by atoms with Crippen LogP contribution in [-0.4, -0.2) is 45.1 Å². The van der Waals surface area contributed by atoms with Gasteiger partial charge in [-0.1, -0.05) is 42.5 Å². The van der Waals surface area contributed by atoms with Gasteiger partial charge in [0.05, 0.1) is 11.3 Å². The van der Waals surface area contributed by atoms with Crippen LogP contribution in [-0.2, 0) is 31.7 Å². The normalized spacial score (nSPS) is 11.0. The number of likely N-dealkylation sites (N-methyl/N-ethyl adjacent to an activating group) is 1. The van der Waals surface area contributed by atoms with Crippen LogP contribution in [0.3, 0.4) is 0 Å². The number of ether oxygens (including phenoxy) is 1. The maximum atomic E-state index is 12.1. The van der Waals surface area contributed by atoms with Gasteiger partial charge in [0.2, 0.25) is 0 Å². The second kappa shape index (κ2) is 8.62. The molecule has 0 radical (unpaired) electrons. The van der Waals surface area contributed by atoms with Gasteiger partial charge >= 0.3 is 5.97 Å². The topological polar surface area (TPSA) is 80.8 Å². The van der Waals surface area contributed by atoms with Crippen LogP contribution in [0.25, 0.3) is 0 Å². The lowest BCUT2D eigenvalue weighted by Gasteiger charge is -2.17. The highest BCUT2D eigenvalue weighted by molar-refractivity contribution is 7.89. The second-order valence-corrected chi connectivity index (χ2v) is 8.22. The summed E-state index contributed by atoms with van der Waals surface area (Å²) in [5.41, 5.74) is 1.68. The summed E-state index contributed by atoms with van der Waals surface area (Å²) in [4.78, 5) is 25.7. The Morgan fingerprint density at radius 2 is 1.65 bits per heavy atom. The summed E-state index contributed by atoms with van der Waals surface area (Å²) in [6.45, 7) is 0.0412. The van der Waals surface area contributed by atoms with Crippen LogP contribution in [0, 0.1) is 0 Å². The van der Waals surface area contributed by atoms with Crippen LogP contribution in [0.5, 0.6) is 0 Å². The molecule has 0 spiro atoms. The van der Waals surface area contributed by atoms with Crippen molar-refractivity contribution in [3.63, 3.8) is 0 Å². The maximum absolute atomic E-state index is 12.1. The van der Waals surface area contributed by atoms with Crippen LogP contribution < -0.4 is 0 Å². The van der Waals surface area contributed by atoms with E-state index in [0.29, 0.717) is 12.1 Å². The molecule has 0 unspecified atom stereocenters. The van der Waals surface area contributed by atoms with Crippen molar-refractivity contribution in [2.75, 3.05) is 19.9 Å². The predicted molar refractivity (Wildman–Crippen MR) is 98.2 cm³/mol. The van der Waals surface area contributed by atoms with Crippen molar-refractivity contribution in [3.8, 4) is 0 Å². The zero-order valence-corrected chi connectivity index (χ0v) is 15.5. The van der Waals surface area contributed by atoms with Crippen molar-refractivity contribution < 1.29 is 22.7 Å². The number of rotatable bonds is 7. The van der Waals surface area contributed by atoms with Gasteiger partial charge in [-0.25, -0.2) is 13.2 Å². The van der Waals surface area contributed by atoms with E-state index in [1.807, 2.05) is 30.3 Å². The minimum atomic E-state index is -3.20. The summed E-state index contributed by atoms with van der Waals surface area (Å²) in [7, 11) is -1.56. The summed E-state index contributed by atoms with van der Waals surface area (Å²) in [5, 5.41) is 0. The van der Waals surface area contributed by atoms with Crippen molar-refractivity contribution >= 4 is 21.7 Å². The van der Waals surface area contributed by atoms with E-state index in [1.165, 1.54) is 17.0 Å². The summed E-state index contributed by atoms with van der Waals surface area (Å²) in [5.74, 6) is -1.15. The number of nitrogens with zero attached hydrogens (tertiary/aromatic N) is 1. The molecule has 0 aliphatic heterocycles. The average Bonchev–Trinajstić information content (AvgIpc) is 2.59. The fourth-order valence-electron chi connectivity index (χ4n) is 2.36. The van der Waals surface area contributed by atoms with Gasteiger partial charge in [0.25, 0.3) is 5.91 Å². The molecule has 0 heterocycles. The van der Waals surface area contributed by atoms with Gasteiger partial charge in [-0.3, -0.25) is 4.79 Å². The smallest absolute Gasteiger partial charge is 0.338 e. The Hall–Kier alpha value is -2.67. The third-order valence-electron chi connectivity index (χ3n) is 3.61. The molecule has 138 valence electrons. The Morgan fingerprint density at radius 1 is 1.00 bits per heavy atom. The number of hydrogen-bond acceptors (Lipinski definition) is 5. The SMILES string of the molecule is CN(Cc1ccccc1)C(=O)COC(=O)c1cccc(CS(C)(=O)=O)c1. The van der Waals surface area contributed by atoms with E-state index in [9.17, 15) is 18.0 Å². The average molecular weight is 375 g/mol. The number of carbonyl (C=O) groups excluding carboxylic acids is 2. The molecule has 2 rings (SSSR count). The molecule has 2 aromatic rings. The lowest BCUT2D eigenvalue weighted by atomic mass is 10.1. The molecular formula is C19H21NO5S. The van der Waals surface area contributed by atoms with Gasteiger partial charge in [-0.2, -0.15) is 0 Å². The first-order valence-corrected chi connectivity index (χ1v) is 10.0. The molecule has 0 saturated carbocycles. The molecule has 0 atom stereocenters. The van der Waals surface area contributed by atoms with Gasteiger partial charge in [0.1, 0.15) is 0 Å². The number of sulfone groups is 1. The van der Waals surface area contributed by atoms with Crippen LogP contribution in [0.1, 0.15) is 21.5 Å². The quantitative estimate of drug-likeness (QED) is 0.692. The van der Waals surface area contributed by atoms with E-state index in [1.54, 1.807) is 19.2 Å². The predicted octanol–water partition coefficient (Wildman–Crippen LogP) is 2.05. The van der Waals surface area contributed by atoms with Gasteiger partial charge < -0.3 is 9.64 Å². The molecule has 0 fully saturated rings. The Kier molecular flexibility index (Phi) is 6.52. The number of carbonyl (C=O) groups is 2. The molecule has 0 N–H and O–H groups in total. The standard InChI is InChI=1S/C19H21NO5S/c1-20(12-15-7-4-3-5-8-15)18(21)13-25-19(22)17-10-6-9-16(11-17)14-26(2,23)24/h3-11H,12-14H2,1-2H3. The van der Waals surface area contributed by atoms with Crippen LogP contribution >= 0.6 is 0 Å². The molecular weight excluding hydrogens is 354 g/mol. The molecule has 0 aromatic heterocycles. The number of amides is 1. The van der Waals surface area contributed by atoms with Crippen molar-refractivity contribution in [2.45, 2.75) is 12.3 Å². The Balaban J connectivity index is 1.91. The third-order valence-corrected chi connectivity index (χ3v) is 4.46. The van der Waals surface area contributed by atoms with Crippen molar-refractivity contribution in [1.82, 2.24) is 4.90 Å². The zero-order chi connectivity index (χ0) is 19.2. The minimum absolute atomic E-state index is 0.160. The second-order valence-electron chi connectivity index (χ2n) is 6.08. The third kappa shape index (κ3) is 6.33. The minimum Gasteiger partial charge on any atom is -0.452 e. The van der Waals surface area contributed by atoms with E-state index < -0.39 is 15.8 Å². The highest BCUT2D eigenvalue weighted by Gasteiger charge is 2.15. The van der Waals surface area contributed by atoms with Crippen molar-refractivity contribution in [2.24, 2.45) is 0 Å². The fourth-order valence-corrected chi connectivity index (χ4v) is 3.14. The van der Waals surface area contributed by atoms with Gasteiger partial charge in [0.15, 0.2) is 16.4 Å². The molecule has 0 aliphatic carbocycles. The van der Waals surface area contributed by atoms with Gasteiger partial charge in [-0.15, -0.1) is 0 Å². The molecule has 26 heavy (non-hydrogen) atoms. The van der Waals surface area contributed by atoms with Crippen LogP contribution in [0.4, 0.5) is 0 Å². The first-order chi connectivity index (χ1) is 12.2. The molecule has 2 aromatic carbocycles. The van der Waals surface area contributed by atoms with E-state index in [0.717, 1.165) is 11.8 Å². The van der Waals surface area contributed by atoms with E-state index in [-0.39, 0.29) is 23.8 Å². The highest BCUT2D eigenvalue weighted by Crippen LogP contribution is 2.10. The van der Waals surface area contributed by atoms with Crippen LogP contribution in [0.2, 0.25) is 0 Å². The summed E-state index contributed by atoms with van der Waals surface area (Å²) < 4.78 is 27.8. The number of benzene rings is 2. The summed E-state index contributed by atoms with van der Waals surface area (Å²) in [6, 6.07) is 15.7. The van der Waals surface area contributed by atoms with Crippen molar-refractivity contribution in [1.29, 1.82) is 0 Å². The van der Waals surface area contributed by atoms with Crippen molar-refractivity contribution in [3.05, 3.63) is 71.3 Å². The van der Waals surface area contributed by atoms with E-state index >= 15 is 0 Å². The molecule has 6 nitrogen and oxygen atoms in total. The highest BCUT2D eigenvalue weighted by atomic mass is 32.2. The lowest BCUT2D eigenvalue weighted by molar-refractivity contribution is -0.133. The van der Waals surface area contributed by atoms with E-state index in [2.05, 4.69) is 0 Å². The maximum Gasteiger partial charge on any atom is 0.338 e. The first-order valence-electron chi connectivity index (χ1n) is 7.96. The molecule has 0 aliphatic rings. The monoisotopic (exact) mass is 375 g/mol. The number of hydrogen-bond donors (Lipinski definition) is 0. The van der Waals surface area contributed by atoms with Gasteiger partial charge in [-0.05, 0) is 23.3 Å². The summed E-state index contributed by atoms with van der Waals surface area (Å²) in [6.07, 6.45) is 1.12. The van der Waals surface area contributed by atoms with Crippen LogP contribution in [0.15, 0.2) is 54.6 Å². The Bertz CT molecular complexity index is 878. The summed E-state index contributed by atoms with van der Waals surface area (Å²) >= 11 is 0. The molecule has 0 saturated heterocycles. The first kappa shape index (κ1) is 19.7. The zero-order valence-electron chi connectivity index (χ0n) is 14.7.